The van der Waals surface area contributed by atoms with Gasteiger partial charge in [-0.3, -0.25) is 0 Å². The van der Waals surface area contributed by atoms with Crippen molar-refractivity contribution < 1.29 is 4.74 Å². The molecule has 0 spiro atoms. The molecular formula is C16H19NO. The Balaban J connectivity index is 2.33. The molecule has 0 aliphatic heterocycles. The van der Waals surface area contributed by atoms with Crippen molar-refractivity contribution in [3.05, 3.63) is 53.1 Å². The van der Waals surface area contributed by atoms with Crippen LogP contribution in [0.2, 0.25) is 0 Å². The fourth-order valence-electron chi connectivity index (χ4n) is 1.85. The van der Waals surface area contributed by atoms with Crippen LogP contribution >= 0.6 is 0 Å². The smallest absolute Gasteiger partial charge is 0.142 e. The summed E-state index contributed by atoms with van der Waals surface area (Å²) in [6.45, 7) is 6.28. The number of benzene rings is 2. The summed E-state index contributed by atoms with van der Waals surface area (Å²) in [4.78, 5) is 0. The van der Waals surface area contributed by atoms with Crippen molar-refractivity contribution >= 4 is 11.4 Å². The van der Waals surface area contributed by atoms with E-state index in [2.05, 4.69) is 62.5 Å². The SMILES string of the molecule is COc1cc(C)c(C)cc1Nc1ccc(C)cc1. The molecule has 2 aromatic rings. The molecule has 0 bridgehead atoms. The van der Waals surface area contributed by atoms with Crippen molar-refractivity contribution in [2.75, 3.05) is 12.4 Å². The summed E-state index contributed by atoms with van der Waals surface area (Å²) in [5.41, 5.74) is 5.82. The maximum absolute atomic E-state index is 5.41. The van der Waals surface area contributed by atoms with Crippen LogP contribution in [0.3, 0.4) is 0 Å². The largest absolute Gasteiger partial charge is 0.495 e. The molecule has 94 valence electrons. The van der Waals surface area contributed by atoms with Crippen molar-refractivity contribution in [3.8, 4) is 5.75 Å². The molecule has 0 atom stereocenters. The van der Waals surface area contributed by atoms with E-state index in [4.69, 9.17) is 4.74 Å². The minimum absolute atomic E-state index is 0.874. The second-order valence-corrected chi connectivity index (χ2v) is 4.63. The van der Waals surface area contributed by atoms with E-state index in [0.717, 1.165) is 17.1 Å². The highest BCUT2D eigenvalue weighted by Crippen LogP contribution is 2.30. The molecule has 0 saturated carbocycles. The number of anilines is 2. The lowest BCUT2D eigenvalue weighted by atomic mass is 10.1. The van der Waals surface area contributed by atoms with Gasteiger partial charge in [0, 0.05) is 5.69 Å². The van der Waals surface area contributed by atoms with Gasteiger partial charge in [-0.15, -0.1) is 0 Å². The number of hydrogen-bond acceptors (Lipinski definition) is 2. The normalized spacial score (nSPS) is 10.2. The highest BCUT2D eigenvalue weighted by atomic mass is 16.5. The van der Waals surface area contributed by atoms with Gasteiger partial charge in [-0.2, -0.15) is 0 Å². The van der Waals surface area contributed by atoms with Crippen LogP contribution in [-0.4, -0.2) is 7.11 Å². The molecular weight excluding hydrogens is 222 g/mol. The molecule has 0 radical (unpaired) electrons. The van der Waals surface area contributed by atoms with Gasteiger partial charge < -0.3 is 10.1 Å². The first kappa shape index (κ1) is 12.5. The minimum Gasteiger partial charge on any atom is -0.495 e. The van der Waals surface area contributed by atoms with Crippen LogP contribution in [0.5, 0.6) is 5.75 Å². The van der Waals surface area contributed by atoms with Crippen LogP contribution in [-0.2, 0) is 0 Å². The van der Waals surface area contributed by atoms with E-state index in [-0.39, 0.29) is 0 Å². The molecule has 0 aliphatic carbocycles. The summed E-state index contributed by atoms with van der Waals surface area (Å²) in [6, 6.07) is 12.5. The maximum Gasteiger partial charge on any atom is 0.142 e. The van der Waals surface area contributed by atoms with Gasteiger partial charge in [0.15, 0.2) is 0 Å². The van der Waals surface area contributed by atoms with Crippen LogP contribution in [0.1, 0.15) is 16.7 Å². The van der Waals surface area contributed by atoms with E-state index in [1.165, 1.54) is 16.7 Å². The van der Waals surface area contributed by atoms with E-state index in [1.807, 2.05) is 0 Å². The van der Waals surface area contributed by atoms with Crippen molar-refractivity contribution in [2.24, 2.45) is 0 Å². The minimum atomic E-state index is 0.874. The Morgan fingerprint density at radius 1 is 0.889 bits per heavy atom. The van der Waals surface area contributed by atoms with Crippen LogP contribution in [0.15, 0.2) is 36.4 Å². The van der Waals surface area contributed by atoms with Gasteiger partial charge in [0.05, 0.1) is 12.8 Å². The second-order valence-electron chi connectivity index (χ2n) is 4.63. The number of hydrogen-bond donors (Lipinski definition) is 1. The highest BCUT2D eigenvalue weighted by molar-refractivity contribution is 5.68. The van der Waals surface area contributed by atoms with Gasteiger partial charge in [-0.05, 0) is 56.2 Å². The topological polar surface area (TPSA) is 21.3 Å². The zero-order valence-electron chi connectivity index (χ0n) is 11.4. The van der Waals surface area contributed by atoms with Crippen molar-refractivity contribution in [1.82, 2.24) is 0 Å². The van der Waals surface area contributed by atoms with Crippen LogP contribution < -0.4 is 10.1 Å². The van der Waals surface area contributed by atoms with Crippen LogP contribution in [0, 0.1) is 20.8 Å². The zero-order chi connectivity index (χ0) is 13.1. The summed E-state index contributed by atoms with van der Waals surface area (Å²) in [7, 11) is 1.70. The average Bonchev–Trinajstić information content (AvgIpc) is 2.36. The van der Waals surface area contributed by atoms with Crippen molar-refractivity contribution in [1.29, 1.82) is 0 Å². The average molecular weight is 241 g/mol. The summed E-state index contributed by atoms with van der Waals surface area (Å²) in [5.74, 6) is 0.874. The van der Waals surface area contributed by atoms with Gasteiger partial charge >= 0.3 is 0 Å². The Morgan fingerprint density at radius 2 is 1.50 bits per heavy atom. The Labute approximate surface area is 109 Å². The molecule has 2 nitrogen and oxygen atoms in total. The molecule has 0 saturated heterocycles. The first-order valence-electron chi connectivity index (χ1n) is 6.09. The highest BCUT2D eigenvalue weighted by Gasteiger charge is 2.06. The lowest BCUT2D eigenvalue weighted by Gasteiger charge is -2.14. The molecule has 0 aliphatic rings. The third kappa shape index (κ3) is 2.65. The molecule has 2 aromatic carbocycles. The van der Waals surface area contributed by atoms with E-state index in [9.17, 15) is 0 Å². The van der Waals surface area contributed by atoms with Gasteiger partial charge in [0.1, 0.15) is 5.75 Å². The molecule has 18 heavy (non-hydrogen) atoms. The Morgan fingerprint density at radius 3 is 2.11 bits per heavy atom. The number of methoxy groups -OCH3 is 1. The molecule has 0 unspecified atom stereocenters. The summed E-state index contributed by atoms with van der Waals surface area (Å²) < 4.78 is 5.41. The first-order valence-corrected chi connectivity index (χ1v) is 6.09. The van der Waals surface area contributed by atoms with E-state index in [0.29, 0.717) is 0 Å². The summed E-state index contributed by atoms with van der Waals surface area (Å²) >= 11 is 0. The van der Waals surface area contributed by atoms with Crippen LogP contribution in [0.25, 0.3) is 0 Å². The fourth-order valence-corrected chi connectivity index (χ4v) is 1.85. The molecule has 2 rings (SSSR count). The lowest BCUT2D eigenvalue weighted by Crippen LogP contribution is -1.96. The Bertz CT molecular complexity index is 544. The van der Waals surface area contributed by atoms with Crippen molar-refractivity contribution in [3.63, 3.8) is 0 Å². The Kier molecular flexibility index (Phi) is 3.56. The molecule has 2 heteroatoms. The molecule has 0 fully saturated rings. The number of ether oxygens (including phenoxy) is 1. The van der Waals surface area contributed by atoms with E-state index in [1.54, 1.807) is 7.11 Å². The molecule has 1 N–H and O–H groups in total. The quantitative estimate of drug-likeness (QED) is 0.861. The molecule has 0 amide bonds. The second kappa shape index (κ2) is 5.13. The number of nitrogens with one attached hydrogen (secondary N) is 1. The van der Waals surface area contributed by atoms with Gasteiger partial charge in [-0.25, -0.2) is 0 Å². The van der Waals surface area contributed by atoms with Gasteiger partial charge in [0.2, 0.25) is 0 Å². The van der Waals surface area contributed by atoms with E-state index >= 15 is 0 Å². The van der Waals surface area contributed by atoms with Gasteiger partial charge in [-0.1, -0.05) is 17.7 Å². The third-order valence-corrected chi connectivity index (χ3v) is 3.15. The summed E-state index contributed by atoms with van der Waals surface area (Å²) in [6.07, 6.45) is 0. The third-order valence-electron chi connectivity index (χ3n) is 3.15. The Hall–Kier alpha value is -1.96. The lowest BCUT2D eigenvalue weighted by molar-refractivity contribution is 0.416. The monoisotopic (exact) mass is 241 g/mol. The predicted octanol–water partition coefficient (Wildman–Crippen LogP) is 4.36. The fraction of sp³-hybridized carbons (Fsp3) is 0.250. The number of aryl methyl sites for hydroxylation is 3. The maximum atomic E-state index is 5.41. The zero-order valence-corrected chi connectivity index (χ0v) is 11.4. The number of rotatable bonds is 3. The van der Waals surface area contributed by atoms with Gasteiger partial charge in [0.25, 0.3) is 0 Å². The van der Waals surface area contributed by atoms with E-state index < -0.39 is 0 Å². The molecule has 0 aromatic heterocycles. The molecule has 0 heterocycles. The van der Waals surface area contributed by atoms with Crippen molar-refractivity contribution in [2.45, 2.75) is 20.8 Å². The summed E-state index contributed by atoms with van der Waals surface area (Å²) in [5, 5.41) is 3.39. The predicted molar refractivity (Wildman–Crippen MR) is 76.9 cm³/mol. The van der Waals surface area contributed by atoms with Crippen LogP contribution in [0.4, 0.5) is 11.4 Å². The standard InChI is InChI=1S/C16H19NO/c1-11-5-7-14(8-6-11)17-15-9-12(2)13(3)10-16(15)18-4/h5-10,17H,1-4H3. The first-order chi connectivity index (χ1) is 8.60.